The van der Waals surface area contributed by atoms with Gasteiger partial charge in [0.1, 0.15) is 0 Å². The first kappa shape index (κ1) is 10.1. The quantitative estimate of drug-likeness (QED) is 0.822. The standard InChI is InChI=1S/C13H11NO3/c15-11-4-1-8-7-9(2-3-10(8)14-11)13(5-6-13)12(16)17/h1-4,7H,5-6H2,(H,14,15)(H,16,17). The van der Waals surface area contributed by atoms with Crippen LogP contribution in [0, 0.1) is 0 Å². The van der Waals surface area contributed by atoms with E-state index < -0.39 is 11.4 Å². The van der Waals surface area contributed by atoms with Gasteiger partial charge >= 0.3 is 5.97 Å². The van der Waals surface area contributed by atoms with Crippen LogP contribution in [0.4, 0.5) is 0 Å². The Hall–Kier alpha value is -2.10. The molecule has 1 aliphatic rings. The molecular formula is C13H11NO3. The average Bonchev–Trinajstić information content (AvgIpc) is 3.09. The van der Waals surface area contributed by atoms with E-state index in [9.17, 15) is 14.7 Å². The summed E-state index contributed by atoms with van der Waals surface area (Å²) >= 11 is 0. The number of nitrogens with one attached hydrogen (secondary N) is 1. The summed E-state index contributed by atoms with van der Waals surface area (Å²) in [5.74, 6) is -0.763. The lowest BCUT2D eigenvalue weighted by molar-refractivity contribution is -0.140. The Morgan fingerprint density at radius 3 is 2.65 bits per heavy atom. The van der Waals surface area contributed by atoms with Gasteiger partial charge in [-0.2, -0.15) is 0 Å². The topological polar surface area (TPSA) is 70.2 Å². The van der Waals surface area contributed by atoms with E-state index in [1.807, 2.05) is 6.07 Å². The number of fused-ring (bicyclic) bond motifs is 1. The van der Waals surface area contributed by atoms with Gasteiger partial charge in [-0.1, -0.05) is 6.07 Å². The number of H-pyrrole nitrogens is 1. The zero-order valence-corrected chi connectivity index (χ0v) is 9.06. The average molecular weight is 229 g/mol. The van der Waals surface area contributed by atoms with Gasteiger partial charge in [0.05, 0.1) is 5.41 Å². The SMILES string of the molecule is O=C(O)C1(c2ccc3[nH]c(=O)ccc3c2)CC1. The molecule has 1 fully saturated rings. The van der Waals surface area contributed by atoms with E-state index in [0.29, 0.717) is 12.8 Å². The number of carboxylic acid groups (broad SMARTS) is 1. The fourth-order valence-electron chi connectivity index (χ4n) is 2.20. The molecule has 0 spiro atoms. The van der Waals surface area contributed by atoms with Crippen molar-refractivity contribution in [2.75, 3.05) is 0 Å². The smallest absolute Gasteiger partial charge is 0.314 e. The van der Waals surface area contributed by atoms with Gasteiger partial charge in [0.25, 0.3) is 0 Å². The van der Waals surface area contributed by atoms with Crippen LogP contribution in [0.3, 0.4) is 0 Å². The molecule has 0 amide bonds. The maximum Gasteiger partial charge on any atom is 0.314 e. The maximum absolute atomic E-state index is 11.2. The lowest BCUT2D eigenvalue weighted by Crippen LogP contribution is -2.19. The molecule has 2 aromatic rings. The number of hydrogen-bond acceptors (Lipinski definition) is 2. The second-order valence-corrected chi connectivity index (χ2v) is 4.51. The molecule has 0 atom stereocenters. The number of hydrogen-bond donors (Lipinski definition) is 2. The Morgan fingerprint density at radius 2 is 2.00 bits per heavy atom. The van der Waals surface area contributed by atoms with Crippen molar-refractivity contribution in [3.8, 4) is 0 Å². The van der Waals surface area contributed by atoms with Crippen molar-refractivity contribution in [3.05, 3.63) is 46.2 Å². The Labute approximate surface area is 96.9 Å². The van der Waals surface area contributed by atoms with E-state index in [1.54, 1.807) is 18.2 Å². The van der Waals surface area contributed by atoms with Gasteiger partial charge in [0, 0.05) is 11.6 Å². The number of carbonyl (C=O) groups is 1. The van der Waals surface area contributed by atoms with Crippen LogP contribution in [0.5, 0.6) is 0 Å². The normalized spacial score (nSPS) is 16.9. The van der Waals surface area contributed by atoms with Crippen molar-refractivity contribution in [3.63, 3.8) is 0 Å². The molecule has 17 heavy (non-hydrogen) atoms. The number of aromatic amines is 1. The summed E-state index contributed by atoms with van der Waals surface area (Å²) in [6, 6.07) is 8.59. The van der Waals surface area contributed by atoms with Crippen molar-refractivity contribution >= 4 is 16.9 Å². The number of carboxylic acids is 1. The van der Waals surface area contributed by atoms with E-state index in [-0.39, 0.29) is 5.56 Å². The molecule has 1 saturated carbocycles. The highest BCUT2D eigenvalue weighted by Crippen LogP contribution is 2.48. The van der Waals surface area contributed by atoms with Gasteiger partial charge in [-0.3, -0.25) is 9.59 Å². The molecule has 3 rings (SSSR count). The van der Waals surface area contributed by atoms with Crippen molar-refractivity contribution < 1.29 is 9.90 Å². The third-order valence-electron chi connectivity index (χ3n) is 3.44. The monoisotopic (exact) mass is 229 g/mol. The van der Waals surface area contributed by atoms with E-state index in [1.165, 1.54) is 6.07 Å². The molecule has 1 aromatic heterocycles. The molecule has 1 aromatic carbocycles. The van der Waals surface area contributed by atoms with Crippen molar-refractivity contribution in [1.82, 2.24) is 4.98 Å². The predicted octanol–water partition coefficient (Wildman–Crippen LogP) is 1.64. The minimum absolute atomic E-state index is 0.149. The van der Waals surface area contributed by atoms with Gasteiger partial charge < -0.3 is 10.1 Å². The highest BCUT2D eigenvalue weighted by atomic mass is 16.4. The van der Waals surface area contributed by atoms with Gasteiger partial charge in [-0.25, -0.2) is 0 Å². The molecule has 0 saturated heterocycles. The van der Waals surface area contributed by atoms with Crippen LogP contribution in [0.1, 0.15) is 18.4 Å². The number of aliphatic carboxylic acids is 1. The number of rotatable bonds is 2. The second-order valence-electron chi connectivity index (χ2n) is 4.51. The Balaban J connectivity index is 2.18. The fraction of sp³-hybridized carbons (Fsp3) is 0.231. The largest absolute Gasteiger partial charge is 0.481 e. The van der Waals surface area contributed by atoms with E-state index in [4.69, 9.17) is 0 Å². The third-order valence-corrected chi connectivity index (χ3v) is 3.44. The van der Waals surface area contributed by atoms with Gasteiger partial charge in [0.2, 0.25) is 5.56 Å². The lowest BCUT2D eigenvalue weighted by Gasteiger charge is -2.10. The minimum Gasteiger partial charge on any atom is -0.481 e. The number of pyridine rings is 1. The zero-order chi connectivity index (χ0) is 12.0. The first-order chi connectivity index (χ1) is 8.12. The van der Waals surface area contributed by atoms with Crippen LogP contribution in [0.2, 0.25) is 0 Å². The molecule has 86 valence electrons. The van der Waals surface area contributed by atoms with E-state index >= 15 is 0 Å². The summed E-state index contributed by atoms with van der Waals surface area (Å²) in [6.07, 6.45) is 1.38. The lowest BCUT2D eigenvalue weighted by atomic mass is 9.95. The molecule has 1 aliphatic carbocycles. The highest BCUT2D eigenvalue weighted by molar-refractivity contribution is 5.88. The van der Waals surface area contributed by atoms with Gasteiger partial charge in [-0.05, 0) is 42.0 Å². The number of benzene rings is 1. The first-order valence-electron chi connectivity index (χ1n) is 5.49. The predicted molar refractivity (Wildman–Crippen MR) is 63.1 cm³/mol. The fourth-order valence-corrected chi connectivity index (χ4v) is 2.20. The van der Waals surface area contributed by atoms with E-state index in [0.717, 1.165) is 16.5 Å². The first-order valence-corrected chi connectivity index (χ1v) is 5.49. The molecule has 4 nitrogen and oxygen atoms in total. The molecular weight excluding hydrogens is 218 g/mol. The molecule has 2 N–H and O–H groups in total. The summed E-state index contributed by atoms with van der Waals surface area (Å²) in [5, 5.41) is 10.1. The van der Waals surface area contributed by atoms with Crippen LogP contribution >= 0.6 is 0 Å². The van der Waals surface area contributed by atoms with E-state index in [2.05, 4.69) is 4.98 Å². The molecule has 0 bridgehead atoms. The number of aromatic nitrogens is 1. The molecule has 0 aliphatic heterocycles. The Morgan fingerprint density at radius 1 is 1.24 bits per heavy atom. The minimum atomic E-state index is -0.763. The summed E-state index contributed by atoms with van der Waals surface area (Å²) in [6.45, 7) is 0. The Bertz CT molecular complexity index is 668. The van der Waals surface area contributed by atoms with Crippen LogP contribution in [0.25, 0.3) is 10.9 Å². The summed E-state index contributed by atoms with van der Waals surface area (Å²) in [4.78, 5) is 25.1. The molecule has 0 radical (unpaired) electrons. The van der Waals surface area contributed by atoms with Crippen molar-refractivity contribution in [1.29, 1.82) is 0 Å². The zero-order valence-electron chi connectivity index (χ0n) is 9.06. The Kier molecular flexibility index (Phi) is 1.90. The van der Waals surface area contributed by atoms with Crippen LogP contribution in [-0.2, 0) is 10.2 Å². The van der Waals surface area contributed by atoms with Crippen LogP contribution < -0.4 is 5.56 Å². The van der Waals surface area contributed by atoms with Crippen molar-refractivity contribution in [2.45, 2.75) is 18.3 Å². The third kappa shape index (κ3) is 1.45. The highest BCUT2D eigenvalue weighted by Gasteiger charge is 2.51. The molecule has 1 heterocycles. The maximum atomic E-state index is 11.2. The van der Waals surface area contributed by atoms with Crippen molar-refractivity contribution in [2.24, 2.45) is 0 Å². The van der Waals surface area contributed by atoms with Crippen LogP contribution in [0.15, 0.2) is 35.1 Å². The summed E-state index contributed by atoms with van der Waals surface area (Å²) in [7, 11) is 0. The van der Waals surface area contributed by atoms with Crippen LogP contribution in [-0.4, -0.2) is 16.1 Å². The summed E-state index contributed by atoms with van der Waals surface area (Å²) < 4.78 is 0. The molecule has 0 unspecified atom stereocenters. The second kappa shape index (κ2) is 3.20. The molecule has 4 heteroatoms. The van der Waals surface area contributed by atoms with Gasteiger partial charge in [-0.15, -0.1) is 0 Å². The summed E-state index contributed by atoms with van der Waals surface area (Å²) in [5.41, 5.74) is 0.723. The van der Waals surface area contributed by atoms with Gasteiger partial charge in [0.15, 0.2) is 0 Å².